The van der Waals surface area contributed by atoms with Gasteiger partial charge in [0, 0.05) is 22.5 Å². The molecular weight excluding hydrogens is 420 g/mol. The van der Waals surface area contributed by atoms with Gasteiger partial charge in [-0.15, -0.1) is 0 Å². The fourth-order valence-electron chi connectivity index (χ4n) is 4.38. The minimum absolute atomic E-state index is 0.0158. The van der Waals surface area contributed by atoms with E-state index in [-0.39, 0.29) is 17.9 Å². The zero-order valence-corrected chi connectivity index (χ0v) is 18.5. The summed E-state index contributed by atoms with van der Waals surface area (Å²) < 4.78 is 6.39. The molecule has 0 spiro atoms. The van der Waals surface area contributed by atoms with Crippen molar-refractivity contribution in [1.29, 1.82) is 0 Å². The first kappa shape index (κ1) is 21.2. The number of halogens is 1. The van der Waals surface area contributed by atoms with Gasteiger partial charge in [-0.1, -0.05) is 48.0 Å². The Hall–Kier alpha value is -1.56. The highest BCUT2D eigenvalue weighted by atomic mass is 79.9. The second-order valence-electron chi connectivity index (χ2n) is 8.23. The van der Waals surface area contributed by atoms with E-state index in [0.717, 1.165) is 28.6 Å². The molecule has 1 aromatic rings. The largest absolute Gasteiger partial charge is 0.496 e. The van der Waals surface area contributed by atoms with Crippen LogP contribution in [0.5, 0.6) is 5.75 Å². The third kappa shape index (κ3) is 4.70. The van der Waals surface area contributed by atoms with Crippen LogP contribution in [0.1, 0.15) is 70.3 Å². The lowest BCUT2D eigenvalue weighted by atomic mass is 9.93. The molecule has 1 saturated carbocycles. The molecule has 6 heteroatoms. The van der Waals surface area contributed by atoms with Gasteiger partial charge in [0.25, 0.3) is 0 Å². The van der Waals surface area contributed by atoms with Crippen LogP contribution in [0.25, 0.3) is 0 Å². The van der Waals surface area contributed by atoms with Gasteiger partial charge in [0.05, 0.1) is 13.7 Å². The van der Waals surface area contributed by atoms with Gasteiger partial charge in [-0.25, -0.2) is 0 Å². The number of methoxy groups -OCH3 is 1. The lowest BCUT2D eigenvalue weighted by molar-refractivity contribution is -0.141. The number of amides is 2. The van der Waals surface area contributed by atoms with E-state index < -0.39 is 5.54 Å². The zero-order valence-electron chi connectivity index (χ0n) is 16.9. The number of rotatable bonds is 5. The predicted molar refractivity (Wildman–Crippen MR) is 113 cm³/mol. The smallest absolute Gasteiger partial charge is 0.245 e. The molecule has 5 nitrogen and oxygen atoms in total. The van der Waals surface area contributed by atoms with Crippen molar-refractivity contribution in [3.8, 4) is 5.75 Å². The molecule has 3 rings (SSSR count). The lowest BCUT2D eigenvalue weighted by Gasteiger charge is -2.36. The quantitative estimate of drug-likeness (QED) is 0.714. The molecule has 0 radical (unpaired) electrons. The van der Waals surface area contributed by atoms with Gasteiger partial charge in [-0.3, -0.25) is 9.59 Å². The fraction of sp³-hybridized carbons (Fsp3) is 0.636. The average molecular weight is 451 g/mol. The van der Waals surface area contributed by atoms with E-state index in [4.69, 9.17) is 4.74 Å². The molecule has 2 aliphatic rings. The molecule has 28 heavy (non-hydrogen) atoms. The summed E-state index contributed by atoms with van der Waals surface area (Å²) >= 11 is 3.49. The third-order valence-electron chi connectivity index (χ3n) is 6.22. The number of ether oxygens (including phenoxy) is 1. The van der Waals surface area contributed by atoms with Crippen molar-refractivity contribution in [3.05, 3.63) is 28.2 Å². The van der Waals surface area contributed by atoms with Gasteiger partial charge in [0.1, 0.15) is 11.3 Å². The molecule has 2 amide bonds. The number of hydrogen-bond donors (Lipinski definition) is 1. The molecule has 2 fully saturated rings. The molecule has 1 aromatic carbocycles. The van der Waals surface area contributed by atoms with Crippen molar-refractivity contribution in [3.63, 3.8) is 0 Å². The molecule has 1 atom stereocenters. The Bertz CT molecular complexity index is 716. The number of hydrogen-bond acceptors (Lipinski definition) is 3. The summed E-state index contributed by atoms with van der Waals surface area (Å²) in [5.41, 5.74) is 0.0874. The van der Waals surface area contributed by atoms with Crippen LogP contribution in [0.2, 0.25) is 0 Å². The summed E-state index contributed by atoms with van der Waals surface area (Å²) in [4.78, 5) is 27.7. The Morgan fingerprint density at radius 1 is 1.25 bits per heavy atom. The molecule has 1 heterocycles. The first-order valence-corrected chi connectivity index (χ1v) is 11.2. The number of nitrogens with one attached hydrogen (secondary N) is 1. The van der Waals surface area contributed by atoms with E-state index in [0.29, 0.717) is 19.4 Å². The number of carbonyl (C=O) groups is 2. The zero-order chi connectivity index (χ0) is 20.1. The Kier molecular flexibility index (Phi) is 7.02. The summed E-state index contributed by atoms with van der Waals surface area (Å²) in [6, 6.07) is 5.97. The highest BCUT2D eigenvalue weighted by Gasteiger charge is 2.47. The van der Waals surface area contributed by atoms with Crippen LogP contribution in [0, 0.1) is 0 Å². The molecule has 0 unspecified atom stereocenters. The Labute approximate surface area is 176 Å². The second kappa shape index (κ2) is 9.29. The van der Waals surface area contributed by atoms with Crippen LogP contribution in [-0.2, 0) is 16.1 Å². The predicted octanol–water partition coefficient (Wildman–Crippen LogP) is 4.57. The van der Waals surface area contributed by atoms with Crippen molar-refractivity contribution >= 4 is 27.7 Å². The Balaban J connectivity index is 1.76. The summed E-state index contributed by atoms with van der Waals surface area (Å²) in [6.45, 7) is 2.27. The first-order chi connectivity index (χ1) is 13.4. The molecule has 1 aliphatic carbocycles. The fourth-order valence-corrected chi connectivity index (χ4v) is 4.79. The monoisotopic (exact) mass is 450 g/mol. The molecule has 1 aliphatic heterocycles. The average Bonchev–Trinajstić information content (AvgIpc) is 2.93. The molecule has 1 N–H and O–H groups in total. The summed E-state index contributed by atoms with van der Waals surface area (Å²) in [5.74, 6) is 0.737. The van der Waals surface area contributed by atoms with Crippen LogP contribution >= 0.6 is 15.9 Å². The van der Waals surface area contributed by atoms with Crippen molar-refractivity contribution < 1.29 is 14.3 Å². The number of carbonyl (C=O) groups excluding carboxylic acids is 2. The van der Waals surface area contributed by atoms with Crippen LogP contribution in [0.15, 0.2) is 22.7 Å². The van der Waals surface area contributed by atoms with Gasteiger partial charge in [-0.05, 0) is 44.4 Å². The highest BCUT2D eigenvalue weighted by Crippen LogP contribution is 2.35. The van der Waals surface area contributed by atoms with Crippen molar-refractivity contribution in [2.45, 2.75) is 82.8 Å². The van der Waals surface area contributed by atoms with Crippen LogP contribution in [-0.4, -0.2) is 35.4 Å². The van der Waals surface area contributed by atoms with Crippen LogP contribution < -0.4 is 10.1 Å². The molecule has 0 bridgehead atoms. The maximum Gasteiger partial charge on any atom is 0.245 e. The highest BCUT2D eigenvalue weighted by molar-refractivity contribution is 9.10. The standard InChI is InChI=1S/C22H31BrN2O3/c1-22(21(27)24-18-8-6-4-3-5-7-9-18)13-12-20(26)25(22)15-16-14-17(23)10-11-19(16)28-2/h10-11,14,18H,3-9,12-13,15H2,1-2H3,(H,24,27)/t22-/m0/s1. The Morgan fingerprint density at radius 3 is 2.61 bits per heavy atom. The third-order valence-corrected chi connectivity index (χ3v) is 6.72. The van der Waals surface area contributed by atoms with E-state index in [1.54, 1.807) is 12.0 Å². The van der Waals surface area contributed by atoms with E-state index in [9.17, 15) is 9.59 Å². The van der Waals surface area contributed by atoms with E-state index in [2.05, 4.69) is 21.2 Å². The minimum Gasteiger partial charge on any atom is -0.496 e. The molecule has 154 valence electrons. The van der Waals surface area contributed by atoms with Crippen LogP contribution in [0.4, 0.5) is 0 Å². The Morgan fingerprint density at radius 2 is 1.93 bits per heavy atom. The van der Waals surface area contributed by atoms with Crippen molar-refractivity contribution in [2.75, 3.05) is 7.11 Å². The summed E-state index contributed by atoms with van der Waals surface area (Å²) in [7, 11) is 1.62. The molecule has 0 aromatic heterocycles. The number of likely N-dealkylation sites (tertiary alicyclic amines) is 1. The maximum absolute atomic E-state index is 13.3. The molecular formula is C22H31BrN2O3. The SMILES string of the molecule is COc1ccc(Br)cc1CN1C(=O)CC[C@@]1(C)C(=O)NC1CCCCCCC1. The van der Waals surface area contributed by atoms with E-state index in [1.807, 2.05) is 25.1 Å². The van der Waals surface area contributed by atoms with Crippen molar-refractivity contribution in [2.24, 2.45) is 0 Å². The topological polar surface area (TPSA) is 58.6 Å². The van der Waals surface area contributed by atoms with Crippen molar-refractivity contribution in [1.82, 2.24) is 10.2 Å². The number of benzene rings is 1. The normalized spacial score (nSPS) is 24.0. The maximum atomic E-state index is 13.3. The van der Waals surface area contributed by atoms with Gasteiger partial charge >= 0.3 is 0 Å². The lowest BCUT2D eigenvalue weighted by Crippen LogP contribution is -2.56. The van der Waals surface area contributed by atoms with Gasteiger partial charge in [0.15, 0.2) is 0 Å². The summed E-state index contributed by atoms with van der Waals surface area (Å²) in [6.07, 6.45) is 9.16. The molecule has 1 saturated heterocycles. The minimum atomic E-state index is -0.813. The second-order valence-corrected chi connectivity index (χ2v) is 9.14. The number of nitrogens with zero attached hydrogens (tertiary/aromatic N) is 1. The van der Waals surface area contributed by atoms with Crippen LogP contribution in [0.3, 0.4) is 0 Å². The van der Waals surface area contributed by atoms with Gasteiger partial charge < -0.3 is 15.0 Å². The van der Waals surface area contributed by atoms with Gasteiger partial charge in [-0.2, -0.15) is 0 Å². The van der Waals surface area contributed by atoms with Gasteiger partial charge in [0.2, 0.25) is 11.8 Å². The van der Waals surface area contributed by atoms with E-state index >= 15 is 0 Å². The summed E-state index contributed by atoms with van der Waals surface area (Å²) in [5, 5.41) is 3.27. The van der Waals surface area contributed by atoms with E-state index in [1.165, 1.54) is 32.1 Å². The first-order valence-electron chi connectivity index (χ1n) is 10.4.